The molecule has 0 saturated heterocycles. The van der Waals surface area contributed by atoms with E-state index in [4.69, 9.17) is 14.7 Å². The maximum atomic E-state index is 13.2. The highest BCUT2D eigenvalue weighted by molar-refractivity contribution is 7.92. The summed E-state index contributed by atoms with van der Waals surface area (Å²) in [6.07, 6.45) is 1.62. The summed E-state index contributed by atoms with van der Waals surface area (Å²) >= 11 is 0. The Bertz CT molecular complexity index is 1400. The number of hydrogen-bond acceptors (Lipinski definition) is 6. The minimum Gasteiger partial charge on any atom is -0.486 e. The van der Waals surface area contributed by atoms with Gasteiger partial charge in [-0.3, -0.25) is 9.52 Å². The van der Waals surface area contributed by atoms with Crippen molar-refractivity contribution >= 4 is 21.6 Å². The topological polar surface area (TPSA) is 109 Å². The van der Waals surface area contributed by atoms with Crippen LogP contribution in [0.25, 0.3) is 0 Å². The average molecular weight is 490 g/mol. The van der Waals surface area contributed by atoms with E-state index in [1.54, 1.807) is 59.5 Å². The Balaban J connectivity index is 1.53. The van der Waals surface area contributed by atoms with Crippen molar-refractivity contribution in [3.8, 4) is 17.6 Å². The number of sulfonamides is 1. The number of nitrogens with one attached hydrogen (secondary N) is 1. The molecule has 0 saturated carbocycles. The molecule has 1 aliphatic rings. The maximum Gasteiger partial charge on any atom is 0.262 e. The summed E-state index contributed by atoms with van der Waals surface area (Å²) in [6, 6.07) is 19.7. The smallest absolute Gasteiger partial charge is 0.262 e. The number of rotatable bonds is 8. The van der Waals surface area contributed by atoms with Crippen LogP contribution in [0.15, 0.2) is 84.3 Å². The monoisotopic (exact) mass is 489 g/mol. The van der Waals surface area contributed by atoms with Crippen molar-refractivity contribution in [3.05, 3.63) is 96.1 Å². The Morgan fingerprint density at radius 1 is 1.06 bits per heavy atom. The second kappa shape index (κ2) is 10.3. The SMILES string of the molecule is C=CCN(Cc1ccc(C#N)cc1)C(=O)c1cccc(NS(=O)(=O)c2ccc3c(c2)OCCO3)c1. The molecule has 0 aliphatic carbocycles. The predicted octanol–water partition coefficient (Wildman–Crippen LogP) is 3.96. The molecule has 3 aromatic carbocycles. The predicted molar refractivity (Wildman–Crippen MR) is 131 cm³/mol. The molecular formula is C26H23N3O5S. The fourth-order valence-corrected chi connectivity index (χ4v) is 4.65. The average Bonchev–Trinajstić information content (AvgIpc) is 2.88. The van der Waals surface area contributed by atoms with Crippen LogP contribution in [-0.4, -0.2) is 39.0 Å². The maximum absolute atomic E-state index is 13.2. The Kier molecular flexibility index (Phi) is 7.03. The summed E-state index contributed by atoms with van der Waals surface area (Å²) in [4.78, 5) is 14.8. The number of carbonyl (C=O) groups excluding carboxylic acids is 1. The Morgan fingerprint density at radius 2 is 1.80 bits per heavy atom. The Morgan fingerprint density at radius 3 is 2.51 bits per heavy atom. The van der Waals surface area contributed by atoms with Crippen LogP contribution in [0.3, 0.4) is 0 Å². The van der Waals surface area contributed by atoms with Gasteiger partial charge in [0.25, 0.3) is 15.9 Å². The van der Waals surface area contributed by atoms with Gasteiger partial charge in [0, 0.05) is 30.4 Å². The van der Waals surface area contributed by atoms with Crippen molar-refractivity contribution in [1.29, 1.82) is 5.26 Å². The number of anilines is 1. The standard InChI is InChI=1S/C26H23N3O5S/c1-2-12-29(18-20-8-6-19(17-27)7-9-20)26(30)21-4-3-5-22(15-21)28-35(31,32)23-10-11-24-25(16-23)34-14-13-33-24/h2-11,15-16,28H,1,12-14,18H2. The van der Waals surface area contributed by atoms with E-state index in [1.807, 2.05) is 0 Å². The molecule has 4 rings (SSSR count). The first-order valence-electron chi connectivity index (χ1n) is 10.8. The van der Waals surface area contributed by atoms with Gasteiger partial charge in [-0.25, -0.2) is 8.42 Å². The summed E-state index contributed by atoms with van der Waals surface area (Å²) < 4.78 is 39.4. The van der Waals surface area contributed by atoms with E-state index in [0.717, 1.165) is 5.56 Å². The van der Waals surface area contributed by atoms with Gasteiger partial charge in [-0.05, 0) is 48.0 Å². The number of ether oxygens (including phenoxy) is 2. The van der Waals surface area contributed by atoms with Gasteiger partial charge in [-0.15, -0.1) is 6.58 Å². The fraction of sp³-hybridized carbons (Fsp3) is 0.154. The van der Waals surface area contributed by atoms with E-state index in [1.165, 1.54) is 18.2 Å². The van der Waals surface area contributed by atoms with E-state index in [-0.39, 0.29) is 16.5 Å². The molecule has 0 radical (unpaired) electrons. The number of fused-ring (bicyclic) bond motifs is 1. The molecule has 9 heteroatoms. The molecule has 8 nitrogen and oxygen atoms in total. The second-order valence-electron chi connectivity index (χ2n) is 7.77. The molecule has 1 heterocycles. The first-order valence-corrected chi connectivity index (χ1v) is 12.3. The van der Waals surface area contributed by atoms with E-state index in [9.17, 15) is 13.2 Å². The van der Waals surface area contributed by atoms with E-state index in [0.29, 0.717) is 48.9 Å². The highest BCUT2D eigenvalue weighted by Gasteiger charge is 2.21. The van der Waals surface area contributed by atoms with Crippen molar-refractivity contribution in [2.24, 2.45) is 0 Å². The highest BCUT2D eigenvalue weighted by Crippen LogP contribution is 2.32. The third-order valence-electron chi connectivity index (χ3n) is 5.28. The molecule has 1 aliphatic heterocycles. The van der Waals surface area contributed by atoms with Gasteiger partial charge in [-0.2, -0.15) is 5.26 Å². The van der Waals surface area contributed by atoms with Crippen LogP contribution >= 0.6 is 0 Å². The largest absolute Gasteiger partial charge is 0.486 e. The molecule has 178 valence electrons. The number of benzene rings is 3. The third-order valence-corrected chi connectivity index (χ3v) is 6.66. The number of carbonyl (C=O) groups is 1. The zero-order valence-corrected chi connectivity index (χ0v) is 19.6. The minimum atomic E-state index is -3.93. The van der Waals surface area contributed by atoms with Gasteiger partial charge in [-0.1, -0.05) is 24.3 Å². The van der Waals surface area contributed by atoms with E-state index < -0.39 is 10.0 Å². The van der Waals surface area contributed by atoms with Gasteiger partial charge in [0.1, 0.15) is 13.2 Å². The molecular weight excluding hydrogens is 466 g/mol. The lowest BCUT2D eigenvalue weighted by molar-refractivity contribution is 0.0762. The number of hydrogen-bond donors (Lipinski definition) is 1. The number of nitriles is 1. The molecule has 0 spiro atoms. The molecule has 3 aromatic rings. The van der Waals surface area contributed by atoms with E-state index in [2.05, 4.69) is 17.4 Å². The molecule has 1 N–H and O–H groups in total. The van der Waals surface area contributed by atoms with Crippen molar-refractivity contribution in [3.63, 3.8) is 0 Å². The van der Waals surface area contributed by atoms with Crippen LogP contribution in [0.5, 0.6) is 11.5 Å². The van der Waals surface area contributed by atoms with Crippen LogP contribution < -0.4 is 14.2 Å². The van der Waals surface area contributed by atoms with Crippen LogP contribution in [0.2, 0.25) is 0 Å². The zero-order chi connectivity index (χ0) is 24.8. The second-order valence-corrected chi connectivity index (χ2v) is 9.46. The van der Waals surface area contributed by atoms with Crippen LogP contribution in [0.1, 0.15) is 21.5 Å². The summed E-state index contributed by atoms with van der Waals surface area (Å²) in [6.45, 7) is 5.09. The molecule has 0 bridgehead atoms. The molecule has 0 fully saturated rings. The lowest BCUT2D eigenvalue weighted by Crippen LogP contribution is -2.30. The van der Waals surface area contributed by atoms with Crippen molar-refractivity contribution in [1.82, 2.24) is 4.90 Å². The van der Waals surface area contributed by atoms with Crippen molar-refractivity contribution < 1.29 is 22.7 Å². The van der Waals surface area contributed by atoms with Crippen LogP contribution in [-0.2, 0) is 16.6 Å². The number of amides is 1. The molecule has 35 heavy (non-hydrogen) atoms. The Labute approximate surface area is 204 Å². The first kappa shape index (κ1) is 23.9. The molecule has 0 unspecified atom stereocenters. The molecule has 0 aromatic heterocycles. The van der Waals surface area contributed by atoms with Gasteiger partial charge in [0.2, 0.25) is 0 Å². The van der Waals surface area contributed by atoms with Crippen molar-refractivity contribution in [2.75, 3.05) is 24.5 Å². The van der Waals surface area contributed by atoms with Gasteiger partial charge < -0.3 is 14.4 Å². The summed E-state index contributed by atoms with van der Waals surface area (Å²) in [5, 5.41) is 8.97. The quantitative estimate of drug-likeness (QED) is 0.480. The lowest BCUT2D eigenvalue weighted by Gasteiger charge is -2.22. The Hall–Kier alpha value is -4.29. The summed E-state index contributed by atoms with van der Waals surface area (Å²) in [7, 11) is -3.93. The molecule has 1 amide bonds. The van der Waals surface area contributed by atoms with Crippen molar-refractivity contribution in [2.45, 2.75) is 11.4 Å². The van der Waals surface area contributed by atoms with Gasteiger partial charge in [0.05, 0.1) is 16.5 Å². The summed E-state index contributed by atoms with van der Waals surface area (Å²) in [5.74, 6) is 0.577. The minimum absolute atomic E-state index is 0.0209. The van der Waals surface area contributed by atoms with E-state index >= 15 is 0 Å². The van der Waals surface area contributed by atoms with Gasteiger partial charge >= 0.3 is 0 Å². The number of nitrogens with zero attached hydrogens (tertiary/aromatic N) is 2. The first-order chi connectivity index (χ1) is 16.9. The van der Waals surface area contributed by atoms with Gasteiger partial charge in [0.15, 0.2) is 11.5 Å². The van der Waals surface area contributed by atoms with Crippen LogP contribution in [0.4, 0.5) is 5.69 Å². The fourth-order valence-electron chi connectivity index (χ4n) is 3.58. The zero-order valence-electron chi connectivity index (χ0n) is 18.8. The van der Waals surface area contributed by atoms with Crippen LogP contribution in [0, 0.1) is 11.3 Å². The third kappa shape index (κ3) is 5.62. The molecule has 0 atom stereocenters. The normalized spacial score (nSPS) is 12.3. The summed E-state index contributed by atoms with van der Waals surface area (Å²) in [5.41, 5.74) is 1.97. The lowest BCUT2D eigenvalue weighted by atomic mass is 10.1. The highest BCUT2D eigenvalue weighted by atomic mass is 32.2.